The molecule has 0 atom stereocenters. The number of nitrogens with one attached hydrogen (secondary N) is 1. The van der Waals surface area contributed by atoms with Crippen molar-refractivity contribution in [3.8, 4) is 17.2 Å². The summed E-state index contributed by atoms with van der Waals surface area (Å²) < 4.78 is 12.2. The number of nitrogens with two attached hydrogens (primary N) is 1. The van der Waals surface area contributed by atoms with Gasteiger partial charge in [0.15, 0.2) is 0 Å². The van der Waals surface area contributed by atoms with Crippen molar-refractivity contribution >= 4 is 34.6 Å². The largest absolute Gasteiger partial charge is 0.444 e. The second kappa shape index (κ2) is 9.80. The first kappa shape index (κ1) is 24.3. The van der Waals surface area contributed by atoms with Gasteiger partial charge in [0.25, 0.3) is 0 Å². The predicted octanol–water partition coefficient (Wildman–Crippen LogP) is 5.69. The summed E-state index contributed by atoms with van der Waals surface area (Å²) in [4.78, 5) is 29.7. The number of aromatic nitrogens is 2. The van der Waals surface area contributed by atoms with E-state index in [-0.39, 0.29) is 6.61 Å². The normalized spacial score (nSPS) is 11.1. The molecule has 0 saturated heterocycles. The molecular weight excluding hydrogens is 458 g/mol. The number of hydrogen-bond donors (Lipinski definition) is 2. The smallest absolute Gasteiger partial charge is 0.420 e. The Labute approximate surface area is 208 Å². The maximum atomic E-state index is 12.9. The van der Waals surface area contributed by atoms with Gasteiger partial charge in [0.05, 0.1) is 23.5 Å². The summed E-state index contributed by atoms with van der Waals surface area (Å²) in [5.41, 5.74) is 9.25. The van der Waals surface area contributed by atoms with Crippen molar-refractivity contribution in [3.63, 3.8) is 0 Å². The van der Waals surface area contributed by atoms with Gasteiger partial charge < -0.3 is 15.2 Å². The van der Waals surface area contributed by atoms with Crippen LogP contribution < -0.4 is 11.1 Å². The van der Waals surface area contributed by atoms with Crippen LogP contribution in [-0.4, -0.2) is 27.3 Å². The number of pyridine rings is 1. The minimum Gasteiger partial charge on any atom is -0.444 e. The van der Waals surface area contributed by atoms with Gasteiger partial charge in [-0.2, -0.15) is 5.26 Å². The second-order valence-electron chi connectivity index (χ2n) is 9.13. The number of ether oxygens (including phenoxy) is 2. The highest BCUT2D eigenvalue weighted by atomic mass is 16.6. The third-order valence-corrected chi connectivity index (χ3v) is 5.10. The highest BCUT2D eigenvalue weighted by molar-refractivity contribution is 6.01. The summed E-state index contributed by atoms with van der Waals surface area (Å²) in [7, 11) is 0. The van der Waals surface area contributed by atoms with E-state index in [4.69, 9.17) is 20.5 Å². The van der Waals surface area contributed by atoms with Crippen molar-refractivity contribution in [2.75, 3.05) is 11.1 Å². The van der Waals surface area contributed by atoms with E-state index in [1.165, 1.54) is 10.8 Å². The van der Waals surface area contributed by atoms with Gasteiger partial charge in [-0.15, -0.1) is 0 Å². The molecule has 2 aromatic heterocycles. The van der Waals surface area contributed by atoms with Crippen LogP contribution in [0.3, 0.4) is 0 Å². The lowest BCUT2D eigenvalue weighted by atomic mass is 10.1. The molecule has 36 heavy (non-hydrogen) atoms. The molecule has 1 amide bonds. The average molecular weight is 484 g/mol. The molecule has 0 aliphatic heterocycles. The molecule has 0 aliphatic carbocycles. The quantitative estimate of drug-likeness (QED) is 0.356. The highest BCUT2D eigenvalue weighted by Gasteiger charge is 2.22. The number of nitriles is 1. The Hall–Kier alpha value is -4.84. The van der Waals surface area contributed by atoms with Crippen LogP contribution in [0, 0.1) is 11.3 Å². The zero-order valence-corrected chi connectivity index (χ0v) is 20.1. The van der Waals surface area contributed by atoms with Gasteiger partial charge >= 0.3 is 12.2 Å². The van der Waals surface area contributed by atoms with E-state index >= 15 is 0 Å². The number of amides is 1. The zero-order chi connectivity index (χ0) is 25.9. The van der Waals surface area contributed by atoms with E-state index in [2.05, 4.69) is 10.3 Å². The van der Waals surface area contributed by atoms with Gasteiger partial charge in [0.2, 0.25) is 0 Å². The van der Waals surface area contributed by atoms with Gasteiger partial charge in [-0.25, -0.2) is 19.1 Å². The average Bonchev–Trinajstić information content (AvgIpc) is 3.21. The molecule has 0 bridgehead atoms. The summed E-state index contributed by atoms with van der Waals surface area (Å²) in [6.45, 7) is 5.35. The lowest BCUT2D eigenvalue weighted by molar-refractivity contribution is 0.0543. The first-order chi connectivity index (χ1) is 17.1. The standard InChI is InChI=1S/C27H25N5O4/c1-27(2,3)36-26(34)32-15-23(19-8-5-9-20(29)11-19)22-12-21(14-30-24(22)32)31-25(33)35-16-18-7-4-6-17(10-18)13-28/h4-12,14-15H,16,29H2,1-3H3,(H,31,33). The molecule has 0 unspecified atom stereocenters. The summed E-state index contributed by atoms with van der Waals surface area (Å²) in [6, 6.07) is 17.8. The SMILES string of the molecule is CC(C)(C)OC(=O)n1cc(-c2cccc(N)c2)c2cc(NC(=O)OCc3cccc(C#N)c3)cnc21. The van der Waals surface area contributed by atoms with E-state index in [9.17, 15) is 9.59 Å². The first-order valence-electron chi connectivity index (χ1n) is 11.2. The maximum absolute atomic E-state index is 12.9. The van der Waals surface area contributed by atoms with Crippen molar-refractivity contribution in [2.45, 2.75) is 33.0 Å². The predicted molar refractivity (Wildman–Crippen MR) is 136 cm³/mol. The van der Waals surface area contributed by atoms with Crippen molar-refractivity contribution in [3.05, 3.63) is 78.1 Å². The number of carbonyl (C=O) groups excluding carboxylic acids is 2. The van der Waals surface area contributed by atoms with E-state index in [0.717, 1.165) is 5.56 Å². The molecule has 9 nitrogen and oxygen atoms in total. The van der Waals surface area contributed by atoms with Crippen LogP contribution in [-0.2, 0) is 16.1 Å². The fraction of sp³-hybridized carbons (Fsp3) is 0.185. The van der Waals surface area contributed by atoms with Crippen molar-refractivity contribution in [1.29, 1.82) is 5.26 Å². The topological polar surface area (TPSA) is 132 Å². The van der Waals surface area contributed by atoms with Crippen LogP contribution in [0.5, 0.6) is 0 Å². The summed E-state index contributed by atoms with van der Waals surface area (Å²) in [6.07, 6.45) is 1.82. The molecule has 0 saturated carbocycles. The van der Waals surface area contributed by atoms with Crippen LogP contribution >= 0.6 is 0 Å². The molecule has 9 heteroatoms. The third kappa shape index (κ3) is 5.62. The second-order valence-corrected chi connectivity index (χ2v) is 9.13. The number of nitrogens with zero attached hydrogens (tertiary/aromatic N) is 3. The summed E-state index contributed by atoms with van der Waals surface area (Å²) in [5, 5.41) is 12.3. The number of anilines is 2. The third-order valence-electron chi connectivity index (χ3n) is 5.10. The van der Waals surface area contributed by atoms with Crippen LogP contribution in [0.15, 0.2) is 67.0 Å². The summed E-state index contributed by atoms with van der Waals surface area (Å²) in [5.74, 6) is 0. The number of rotatable bonds is 4. The van der Waals surface area contributed by atoms with Gasteiger partial charge in [0.1, 0.15) is 17.9 Å². The number of carbonyl (C=O) groups is 2. The monoisotopic (exact) mass is 483 g/mol. The van der Waals surface area contributed by atoms with Gasteiger partial charge in [0, 0.05) is 22.8 Å². The number of nitrogen functional groups attached to an aromatic ring is 1. The Balaban J connectivity index is 1.63. The molecule has 3 N–H and O–H groups in total. The number of benzene rings is 2. The summed E-state index contributed by atoms with van der Waals surface area (Å²) >= 11 is 0. The lowest BCUT2D eigenvalue weighted by Crippen LogP contribution is -2.26. The molecule has 2 heterocycles. The van der Waals surface area contributed by atoms with Crippen molar-refractivity contribution in [1.82, 2.24) is 9.55 Å². The fourth-order valence-corrected chi connectivity index (χ4v) is 3.60. The molecule has 0 radical (unpaired) electrons. The number of hydrogen-bond acceptors (Lipinski definition) is 7. The van der Waals surface area contributed by atoms with Crippen LogP contribution in [0.2, 0.25) is 0 Å². The van der Waals surface area contributed by atoms with E-state index in [1.54, 1.807) is 69.4 Å². The minimum absolute atomic E-state index is 0.000585. The van der Waals surface area contributed by atoms with E-state index < -0.39 is 17.8 Å². The van der Waals surface area contributed by atoms with Crippen molar-refractivity contribution < 1.29 is 19.1 Å². The Kier molecular flexibility index (Phi) is 6.61. The Bertz CT molecular complexity index is 1490. The zero-order valence-electron chi connectivity index (χ0n) is 20.1. The molecule has 4 aromatic rings. The van der Waals surface area contributed by atoms with Crippen LogP contribution in [0.1, 0.15) is 31.9 Å². The molecule has 2 aromatic carbocycles. The molecule has 0 fully saturated rings. The van der Waals surface area contributed by atoms with Crippen LogP contribution in [0.4, 0.5) is 21.0 Å². The van der Waals surface area contributed by atoms with Gasteiger partial charge in [-0.3, -0.25) is 5.32 Å². The lowest BCUT2D eigenvalue weighted by Gasteiger charge is -2.19. The van der Waals surface area contributed by atoms with Gasteiger partial charge in [-0.05, 0) is 62.2 Å². The molecule has 0 aliphatic rings. The van der Waals surface area contributed by atoms with Crippen molar-refractivity contribution in [2.24, 2.45) is 0 Å². The minimum atomic E-state index is -0.691. The maximum Gasteiger partial charge on any atom is 0.420 e. The van der Waals surface area contributed by atoms with Gasteiger partial charge in [-0.1, -0.05) is 24.3 Å². The fourth-order valence-electron chi connectivity index (χ4n) is 3.60. The number of fused-ring (bicyclic) bond motifs is 1. The highest BCUT2D eigenvalue weighted by Crippen LogP contribution is 2.33. The Morgan fingerprint density at radius 3 is 2.64 bits per heavy atom. The van der Waals surface area contributed by atoms with E-state index in [0.29, 0.717) is 39.1 Å². The molecule has 0 spiro atoms. The molecule has 182 valence electrons. The van der Waals surface area contributed by atoms with Crippen LogP contribution in [0.25, 0.3) is 22.2 Å². The molecular formula is C27H25N5O4. The van der Waals surface area contributed by atoms with E-state index in [1.807, 2.05) is 18.2 Å². The Morgan fingerprint density at radius 2 is 1.92 bits per heavy atom. The Morgan fingerprint density at radius 1 is 1.14 bits per heavy atom. The molecule has 4 rings (SSSR count). The first-order valence-corrected chi connectivity index (χ1v) is 11.2.